The number of aromatic carboxylic acids is 1. The number of carbonyl (C=O) groups excluding carboxylic acids is 1. The highest BCUT2D eigenvalue weighted by Crippen LogP contribution is 2.58. The van der Waals surface area contributed by atoms with Gasteiger partial charge in [-0.2, -0.15) is 0 Å². The van der Waals surface area contributed by atoms with Crippen molar-refractivity contribution in [2.24, 2.45) is 0 Å². The molecule has 0 amide bonds. The Bertz CT molecular complexity index is 1530. The SMILES string of the molecule is O=C(O)c1ccc2c(c1-n1c(O)ccc1O)C(=O)OC21c2ccc(O)cc2Oc2cc(O)ccc21. The van der Waals surface area contributed by atoms with Crippen LogP contribution in [0.1, 0.15) is 37.4 Å². The summed E-state index contributed by atoms with van der Waals surface area (Å²) in [7, 11) is 0. The molecule has 2 aliphatic rings. The van der Waals surface area contributed by atoms with Crippen molar-refractivity contribution in [3.8, 4) is 40.4 Å². The molecule has 6 rings (SSSR count). The van der Waals surface area contributed by atoms with Crippen LogP contribution in [0.5, 0.6) is 34.8 Å². The van der Waals surface area contributed by atoms with Crippen LogP contribution in [0.15, 0.2) is 60.7 Å². The number of ether oxygens (including phenoxy) is 2. The summed E-state index contributed by atoms with van der Waals surface area (Å²) >= 11 is 0. The molecule has 1 aromatic heterocycles. The molecule has 174 valence electrons. The maximum absolute atomic E-state index is 13.5. The second kappa shape index (κ2) is 6.70. The van der Waals surface area contributed by atoms with Gasteiger partial charge in [0, 0.05) is 41.0 Å². The number of hydrogen-bond donors (Lipinski definition) is 5. The van der Waals surface area contributed by atoms with Gasteiger partial charge in [-0.3, -0.25) is 0 Å². The third kappa shape index (κ3) is 2.58. The van der Waals surface area contributed by atoms with E-state index in [2.05, 4.69) is 0 Å². The van der Waals surface area contributed by atoms with Crippen LogP contribution in [-0.4, -0.2) is 42.0 Å². The molecule has 0 saturated carbocycles. The van der Waals surface area contributed by atoms with Crippen molar-refractivity contribution in [2.45, 2.75) is 5.60 Å². The molecule has 0 unspecified atom stereocenters. The van der Waals surface area contributed by atoms with E-state index in [1.165, 1.54) is 48.5 Å². The minimum absolute atomic E-state index is 0.115. The predicted octanol–water partition coefficient (Wildman–Crippen LogP) is 3.57. The Morgan fingerprint density at radius 3 is 1.86 bits per heavy atom. The van der Waals surface area contributed by atoms with Gasteiger partial charge in [0.2, 0.25) is 0 Å². The van der Waals surface area contributed by atoms with Crippen LogP contribution in [-0.2, 0) is 10.3 Å². The summed E-state index contributed by atoms with van der Waals surface area (Å²) in [6.07, 6.45) is 0. The van der Waals surface area contributed by atoms with Crippen LogP contribution in [0.4, 0.5) is 0 Å². The zero-order valence-electron chi connectivity index (χ0n) is 17.6. The highest BCUT2D eigenvalue weighted by molar-refractivity contribution is 6.05. The van der Waals surface area contributed by atoms with Crippen molar-refractivity contribution >= 4 is 11.9 Å². The van der Waals surface area contributed by atoms with Crippen molar-refractivity contribution in [1.29, 1.82) is 0 Å². The highest BCUT2D eigenvalue weighted by atomic mass is 16.6. The Hall–Kier alpha value is -5.12. The molecule has 10 heteroatoms. The predicted molar refractivity (Wildman–Crippen MR) is 118 cm³/mol. The van der Waals surface area contributed by atoms with Gasteiger partial charge in [-0.05, 0) is 30.3 Å². The number of aromatic hydroxyl groups is 4. The molecule has 3 heterocycles. The third-order valence-corrected chi connectivity index (χ3v) is 6.21. The molecule has 0 bridgehead atoms. The number of aromatic nitrogens is 1. The normalized spacial score (nSPS) is 14.6. The van der Waals surface area contributed by atoms with E-state index >= 15 is 0 Å². The topological polar surface area (TPSA) is 159 Å². The number of carboxylic acids is 1. The van der Waals surface area contributed by atoms with Gasteiger partial charge in [0.25, 0.3) is 0 Å². The van der Waals surface area contributed by atoms with Gasteiger partial charge < -0.3 is 35.0 Å². The van der Waals surface area contributed by atoms with E-state index in [0.717, 1.165) is 16.7 Å². The van der Waals surface area contributed by atoms with Crippen LogP contribution < -0.4 is 4.74 Å². The van der Waals surface area contributed by atoms with E-state index in [4.69, 9.17) is 9.47 Å². The standard InChI is InChI=1S/C25H15NO9/c27-11-1-4-14-17(9-11)34-18-10-12(28)2-5-15(18)25(14)16-6-3-13(23(31)32)22(21(16)24(33)35-25)26-19(29)7-8-20(26)30/h1-10,27-30H,(H,31,32). The van der Waals surface area contributed by atoms with Gasteiger partial charge >= 0.3 is 11.9 Å². The first kappa shape index (κ1) is 20.5. The summed E-state index contributed by atoms with van der Waals surface area (Å²) in [4.78, 5) is 25.6. The fourth-order valence-corrected chi connectivity index (χ4v) is 4.82. The molecule has 10 nitrogen and oxygen atoms in total. The fourth-order valence-electron chi connectivity index (χ4n) is 4.82. The summed E-state index contributed by atoms with van der Waals surface area (Å²) in [6.45, 7) is 0. The lowest BCUT2D eigenvalue weighted by Gasteiger charge is -2.36. The Morgan fingerprint density at radius 2 is 1.31 bits per heavy atom. The van der Waals surface area contributed by atoms with Gasteiger partial charge in [-0.1, -0.05) is 6.07 Å². The number of phenolic OH excluding ortho intramolecular Hbond substituents is 2. The van der Waals surface area contributed by atoms with Crippen LogP contribution in [0.25, 0.3) is 5.69 Å². The van der Waals surface area contributed by atoms with Crippen LogP contribution in [0.3, 0.4) is 0 Å². The Kier molecular flexibility index (Phi) is 3.92. The molecular formula is C25H15NO9. The second-order valence-electron chi connectivity index (χ2n) is 8.11. The summed E-state index contributed by atoms with van der Waals surface area (Å²) in [6, 6.07) is 13.4. The van der Waals surface area contributed by atoms with Gasteiger partial charge in [0.1, 0.15) is 23.0 Å². The average Bonchev–Trinajstić information content (AvgIpc) is 3.29. The minimum Gasteiger partial charge on any atom is -0.508 e. The largest absolute Gasteiger partial charge is 0.508 e. The number of carbonyl (C=O) groups is 2. The number of esters is 1. The van der Waals surface area contributed by atoms with Crippen LogP contribution in [0, 0.1) is 0 Å². The van der Waals surface area contributed by atoms with E-state index in [0.29, 0.717) is 11.1 Å². The number of carboxylic acid groups (broad SMARTS) is 1. The van der Waals surface area contributed by atoms with Gasteiger partial charge in [-0.15, -0.1) is 0 Å². The summed E-state index contributed by atoms with van der Waals surface area (Å²) in [5, 5.41) is 50.6. The van der Waals surface area contributed by atoms with E-state index < -0.39 is 29.3 Å². The van der Waals surface area contributed by atoms with E-state index in [1.807, 2.05) is 0 Å². The number of hydrogen-bond acceptors (Lipinski definition) is 8. The van der Waals surface area contributed by atoms with Crippen molar-refractivity contribution < 1.29 is 44.6 Å². The van der Waals surface area contributed by atoms with E-state index in [1.54, 1.807) is 0 Å². The van der Waals surface area contributed by atoms with E-state index in [9.17, 15) is 35.1 Å². The minimum atomic E-state index is -1.64. The monoisotopic (exact) mass is 473 g/mol. The number of benzene rings is 3. The van der Waals surface area contributed by atoms with Crippen molar-refractivity contribution in [2.75, 3.05) is 0 Å². The molecule has 1 spiro atoms. The first-order valence-corrected chi connectivity index (χ1v) is 10.3. The maximum Gasteiger partial charge on any atom is 0.342 e. The molecule has 0 saturated heterocycles. The first-order valence-electron chi connectivity index (χ1n) is 10.3. The molecule has 2 aliphatic heterocycles. The summed E-state index contributed by atoms with van der Waals surface area (Å²) in [5.74, 6) is -3.22. The van der Waals surface area contributed by atoms with Crippen molar-refractivity contribution in [3.63, 3.8) is 0 Å². The summed E-state index contributed by atoms with van der Waals surface area (Å²) < 4.78 is 12.7. The molecule has 5 N–H and O–H groups in total. The molecule has 0 fully saturated rings. The highest BCUT2D eigenvalue weighted by Gasteiger charge is 2.55. The number of nitrogens with zero attached hydrogens (tertiary/aromatic N) is 1. The molecule has 0 radical (unpaired) electrons. The quantitative estimate of drug-likeness (QED) is 0.274. The van der Waals surface area contributed by atoms with Crippen LogP contribution >= 0.6 is 0 Å². The third-order valence-electron chi connectivity index (χ3n) is 6.21. The summed E-state index contributed by atoms with van der Waals surface area (Å²) in [5.41, 5.74) is -1.55. The van der Waals surface area contributed by atoms with Crippen molar-refractivity contribution in [3.05, 3.63) is 88.5 Å². The Morgan fingerprint density at radius 1 is 0.771 bits per heavy atom. The molecular weight excluding hydrogens is 458 g/mol. The fraction of sp³-hybridized carbons (Fsp3) is 0.0400. The smallest absolute Gasteiger partial charge is 0.342 e. The second-order valence-corrected chi connectivity index (χ2v) is 8.11. The number of fused-ring (bicyclic) bond motifs is 6. The molecule has 4 aromatic rings. The molecule has 0 aliphatic carbocycles. The first-order chi connectivity index (χ1) is 16.7. The lowest BCUT2D eigenvalue weighted by molar-refractivity contribution is 0.0224. The lowest BCUT2D eigenvalue weighted by atomic mass is 9.77. The zero-order chi connectivity index (χ0) is 24.6. The van der Waals surface area contributed by atoms with Crippen LogP contribution in [0.2, 0.25) is 0 Å². The zero-order valence-corrected chi connectivity index (χ0v) is 17.6. The van der Waals surface area contributed by atoms with Gasteiger partial charge in [0.15, 0.2) is 17.4 Å². The molecule has 0 atom stereocenters. The molecule has 3 aromatic carbocycles. The van der Waals surface area contributed by atoms with Crippen molar-refractivity contribution in [1.82, 2.24) is 4.57 Å². The van der Waals surface area contributed by atoms with Gasteiger partial charge in [-0.25, -0.2) is 14.2 Å². The average molecular weight is 473 g/mol. The van der Waals surface area contributed by atoms with Gasteiger partial charge in [0.05, 0.1) is 16.8 Å². The Labute approximate surface area is 196 Å². The Balaban J connectivity index is 1.76. The molecule has 35 heavy (non-hydrogen) atoms. The number of phenols is 2. The maximum atomic E-state index is 13.5. The number of rotatable bonds is 2. The lowest BCUT2D eigenvalue weighted by Crippen LogP contribution is -2.33. The van der Waals surface area contributed by atoms with E-state index in [-0.39, 0.29) is 45.4 Å².